The summed E-state index contributed by atoms with van der Waals surface area (Å²) in [5, 5.41) is 2.88. The lowest BCUT2D eigenvalue weighted by Gasteiger charge is -2.19. The Balaban J connectivity index is 1.63. The summed E-state index contributed by atoms with van der Waals surface area (Å²) in [5.41, 5.74) is 0.564. The Labute approximate surface area is 160 Å². The number of aromatic nitrogens is 1. The highest BCUT2D eigenvalue weighted by Gasteiger charge is 2.29. The molecule has 1 atom stereocenters. The van der Waals surface area contributed by atoms with Gasteiger partial charge in [-0.05, 0) is 40.2 Å². The fourth-order valence-electron chi connectivity index (χ4n) is 2.80. The molecule has 7 nitrogen and oxygen atoms in total. The van der Waals surface area contributed by atoms with Gasteiger partial charge >= 0.3 is 6.03 Å². The number of pyridine rings is 1. The second-order valence-electron chi connectivity index (χ2n) is 5.74. The topological polar surface area (TPSA) is 72.9 Å². The van der Waals surface area contributed by atoms with Gasteiger partial charge in [-0.3, -0.25) is 0 Å². The maximum Gasteiger partial charge on any atom is 0.322 e. The first kappa shape index (κ1) is 18.3. The zero-order valence-electron chi connectivity index (χ0n) is 14.6. The van der Waals surface area contributed by atoms with Crippen LogP contribution in [0.15, 0.2) is 41.0 Å². The van der Waals surface area contributed by atoms with Crippen LogP contribution in [0.25, 0.3) is 0 Å². The van der Waals surface area contributed by atoms with Crippen LogP contribution in [0, 0.1) is 0 Å². The zero-order valence-corrected chi connectivity index (χ0v) is 16.2. The van der Waals surface area contributed by atoms with Gasteiger partial charge in [0.1, 0.15) is 6.10 Å². The first-order chi connectivity index (χ1) is 12.6. The second kappa shape index (κ2) is 8.27. The van der Waals surface area contributed by atoms with Crippen molar-refractivity contribution in [2.75, 3.05) is 32.6 Å². The van der Waals surface area contributed by atoms with Crippen LogP contribution in [-0.2, 0) is 0 Å². The van der Waals surface area contributed by atoms with Crippen LogP contribution < -0.4 is 19.5 Å². The first-order valence-corrected chi connectivity index (χ1v) is 8.95. The fraction of sp³-hybridized carbons (Fsp3) is 0.333. The third kappa shape index (κ3) is 4.01. The molecule has 0 bridgehead atoms. The largest absolute Gasteiger partial charge is 0.493 e. The number of nitrogens with zero attached hydrogens (tertiary/aromatic N) is 2. The van der Waals surface area contributed by atoms with Gasteiger partial charge in [0, 0.05) is 19.2 Å². The highest BCUT2D eigenvalue weighted by atomic mass is 79.9. The first-order valence-electron chi connectivity index (χ1n) is 8.16. The number of methoxy groups -OCH3 is 2. The van der Waals surface area contributed by atoms with Crippen molar-refractivity contribution < 1.29 is 19.0 Å². The summed E-state index contributed by atoms with van der Waals surface area (Å²) in [4.78, 5) is 18.5. The predicted octanol–water partition coefficient (Wildman–Crippen LogP) is 3.55. The number of hydrogen-bond acceptors (Lipinski definition) is 5. The molecule has 26 heavy (non-hydrogen) atoms. The van der Waals surface area contributed by atoms with E-state index in [0.717, 1.165) is 10.9 Å². The number of halogens is 1. The van der Waals surface area contributed by atoms with Gasteiger partial charge < -0.3 is 24.4 Å². The third-order valence-corrected chi connectivity index (χ3v) is 4.68. The van der Waals surface area contributed by atoms with Crippen molar-refractivity contribution in [3.63, 3.8) is 0 Å². The van der Waals surface area contributed by atoms with E-state index < -0.39 is 0 Å². The van der Waals surface area contributed by atoms with Crippen LogP contribution in [0.4, 0.5) is 10.5 Å². The molecule has 1 aromatic heterocycles. The van der Waals surface area contributed by atoms with Crippen LogP contribution in [-0.4, -0.2) is 49.3 Å². The molecule has 2 aromatic rings. The van der Waals surface area contributed by atoms with Crippen LogP contribution in [0.2, 0.25) is 0 Å². The minimum Gasteiger partial charge on any atom is -0.493 e. The maximum absolute atomic E-state index is 12.6. The molecule has 0 spiro atoms. The van der Waals surface area contributed by atoms with Crippen molar-refractivity contribution in [3.05, 3.63) is 41.0 Å². The highest BCUT2D eigenvalue weighted by molar-refractivity contribution is 9.10. The number of urea groups is 1. The Morgan fingerprint density at radius 3 is 2.85 bits per heavy atom. The molecule has 138 valence electrons. The van der Waals surface area contributed by atoms with E-state index in [1.54, 1.807) is 36.4 Å². The number of likely N-dealkylation sites (tertiary alicyclic amines) is 1. The summed E-state index contributed by atoms with van der Waals surface area (Å²) in [6.07, 6.45) is 2.32. The lowest BCUT2D eigenvalue weighted by molar-refractivity contribution is 0.189. The summed E-state index contributed by atoms with van der Waals surface area (Å²) in [5.74, 6) is 1.59. The van der Waals surface area contributed by atoms with Gasteiger partial charge in [0.05, 0.1) is 30.9 Å². The van der Waals surface area contributed by atoms with Crippen molar-refractivity contribution in [3.8, 4) is 17.4 Å². The second-order valence-corrected chi connectivity index (χ2v) is 6.59. The maximum atomic E-state index is 12.6. The molecule has 0 saturated carbocycles. The molecule has 2 amide bonds. The van der Waals surface area contributed by atoms with Crippen molar-refractivity contribution in [1.29, 1.82) is 0 Å². The average molecular weight is 422 g/mol. The molecule has 1 fully saturated rings. The number of amides is 2. The van der Waals surface area contributed by atoms with Gasteiger partial charge in [-0.1, -0.05) is 6.07 Å². The standard InChI is InChI=1S/C18H20BrN3O4/c1-24-15-7-3-6-14(16(15)25-2)21-18(23)22-10-8-12(11-22)26-17-13(19)5-4-9-20-17/h3-7,9,12H,8,10-11H2,1-2H3,(H,21,23). The average Bonchev–Trinajstić information content (AvgIpc) is 3.12. The fourth-order valence-corrected chi connectivity index (χ4v) is 3.15. The Morgan fingerprint density at radius 1 is 1.27 bits per heavy atom. The van der Waals surface area contributed by atoms with E-state index in [1.807, 2.05) is 12.1 Å². The number of anilines is 1. The molecule has 1 aliphatic rings. The third-order valence-electron chi connectivity index (χ3n) is 4.08. The van der Waals surface area contributed by atoms with Crippen molar-refractivity contribution in [2.24, 2.45) is 0 Å². The molecule has 2 heterocycles. The lowest BCUT2D eigenvalue weighted by Crippen LogP contribution is -2.34. The number of carbonyl (C=O) groups is 1. The SMILES string of the molecule is COc1cccc(NC(=O)N2CCC(Oc3ncccc3Br)C2)c1OC. The molecule has 1 unspecified atom stereocenters. The smallest absolute Gasteiger partial charge is 0.322 e. The summed E-state index contributed by atoms with van der Waals surface area (Å²) in [6.45, 7) is 1.09. The van der Waals surface area contributed by atoms with Crippen molar-refractivity contribution >= 4 is 27.6 Å². The molecule has 8 heteroatoms. The quantitative estimate of drug-likeness (QED) is 0.798. The molecule has 0 aliphatic carbocycles. The number of ether oxygens (including phenoxy) is 3. The van der Waals surface area contributed by atoms with Gasteiger partial charge in [0.25, 0.3) is 0 Å². The van der Waals surface area contributed by atoms with E-state index in [1.165, 1.54) is 7.11 Å². The number of benzene rings is 1. The van der Waals surface area contributed by atoms with E-state index in [9.17, 15) is 4.79 Å². The van der Waals surface area contributed by atoms with E-state index in [4.69, 9.17) is 14.2 Å². The summed E-state index contributed by atoms with van der Waals surface area (Å²) in [6, 6.07) is 8.84. The Hall–Kier alpha value is -2.48. The van der Waals surface area contributed by atoms with Crippen LogP contribution in [0.5, 0.6) is 17.4 Å². The molecule has 0 radical (unpaired) electrons. The number of carbonyl (C=O) groups excluding carboxylic acids is 1. The minimum atomic E-state index is -0.206. The normalized spacial score (nSPS) is 16.3. The molecule has 1 N–H and O–H groups in total. The van der Waals surface area contributed by atoms with Gasteiger partial charge in [0.15, 0.2) is 11.5 Å². The molecule has 1 saturated heterocycles. The molecular formula is C18H20BrN3O4. The van der Waals surface area contributed by atoms with E-state index in [-0.39, 0.29) is 12.1 Å². The van der Waals surface area contributed by atoms with Gasteiger partial charge in [-0.25, -0.2) is 9.78 Å². The van der Waals surface area contributed by atoms with Crippen molar-refractivity contribution in [1.82, 2.24) is 9.88 Å². The van der Waals surface area contributed by atoms with Crippen LogP contribution in [0.3, 0.4) is 0 Å². The van der Waals surface area contributed by atoms with Gasteiger partial charge in [-0.2, -0.15) is 0 Å². The lowest BCUT2D eigenvalue weighted by atomic mass is 10.2. The number of rotatable bonds is 5. The molecule has 1 aromatic carbocycles. The predicted molar refractivity (Wildman–Crippen MR) is 101 cm³/mol. The number of para-hydroxylation sites is 1. The van der Waals surface area contributed by atoms with Gasteiger partial charge in [-0.15, -0.1) is 0 Å². The monoisotopic (exact) mass is 421 g/mol. The Bertz CT molecular complexity index is 787. The van der Waals surface area contributed by atoms with Crippen LogP contribution in [0.1, 0.15) is 6.42 Å². The van der Waals surface area contributed by atoms with E-state index in [2.05, 4.69) is 26.2 Å². The zero-order chi connectivity index (χ0) is 18.5. The molecular weight excluding hydrogens is 402 g/mol. The van der Waals surface area contributed by atoms with E-state index in [0.29, 0.717) is 36.2 Å². The van der Waals surface area contributed by atoms with Crippen molar-refractivity contribution in [2.45, 2.75) is 12.5 Å². The molecule has 3 rings (SSSR count). The summed E-state index contributed by atoms with van der Waals surface area (Å²) in [7, 11) is 3.10. The Morgan fingerprint density at radius 2 is 2.12 bits per heavy atom. The summed E-state index contributed by atoms with van der Waals surface area (Å²) >= 11 is 3.42. The summed E-state index contributed by atoms with van der Waals surface area (Å²) < 4.78 is 17.3. The molecule has 1 aliphatic heterocycles. The highest BCUT2D eigenvalue weighted by Crippen LogP contribution is 2.35. The van der Waals surface area contributed by atoms with Crippen LogP contribution >= 0.6 is 15.9 Å². The van der Waals surface area contributed by atoms with E-state index >= 15 is 0 Å². The number of hydrogen-bond donors (Lipinski definition) is 1. The van der Waals surface area contributed by atoms with Gasteiger partial charge in [0.2, 0.25) is 5.88 Å². The number of nitrogens with one attached hydrogen (secondary N) is 1. The Kier molecular flexibility index (Phi) is 5.82. The minimum absolute atomic E-state index is 0.0980.